The smallest absolute Gasteiger partial charge is 0.243 e. The van der Waals surface area contributed by atoms with E-state index in [4.69, 9.17) is 0 Å². The molecule has 7 heteroatoms. The zero-order valence-electron chi connectivity index (χ0n) is 13.9. The number of rotatable bonds is 6. The summed E-state index contributed by atoms with van der Waals surface area (Å²) in [7, 11) is -3.44. The van der Waals surface area contributed by atoms with E-state index in [0.29, 0.717) is 18.8 Å². The first-order chi connectivity index (χ1) is 10.8. The number of amides is 1. The van der Waals surface area contributed by atoms with Crippen LogP contribution in [0.2, 0.25) is 0 Å². The molecule has 1 amide bonds. The molecule has 2 N–H and O–H groups in total. The van der Waals surface area contributed by atoms with Crippen LogP contribution in [0, 0.1) is 0 Å². The van der Waals surface area contributed by atoms with Crippen molar-refractivity contribution in [3.63, 3.8) is 0 Å². The van der Waals surface area contributed by atoms with Crippen molar-refractivity contribution in [1.29, 1.82) is 0 Å². The first-order valence-electron chi connectivity index (χ1n) is 7.98. The summed E-state index contributed by atoms with van der Waals surface area (Å²) >= 11 is 0. The molecule has 1 saturated heterocycles. The maximum atomic E-state index is 12.6. The Balaban J connectivity index is 2.12. The van der Waals surface area contributed by atoms with Crippen molar-refractivity contribution < 1.29 is 13.2 Å². The SMILES string of the molecule is CC(C)NC(=O)C(C)Nc1cccc(S(=O)(=O)N2CCCC2)c1. The van der Waals surface area contributed by atoms with Crippen LogP contribution in [0.4, 0.5) is 5.69 Å². The number of nitrogens with zero attached hydrogens (tertiary/aromatic N) is 1. The fourth-order valence-corrected chi connectivity index (χ4v) is 4.11. The van der Waals surface area contributed by atoms with Gasteiger partial charge in [0.1, 0.15) is 6.04 Å². The largest absolute Gasteiger partial charge is 0.374 e. The van der Waals surface area contributed by atoms with E-state index in [0.717, 1.165) is 12.8 Å². The van der Waals surface area contributed by atoms with Crippen LogP contribution < -0.4 is 10.6 Å². The molecule has 6 nitrogen and oxygen atoms in total. The molecular formula is C16H25N3O3S. The summed E-state index contributed by atoms with van der Waals surface area (Å²) in [6.07, 6.45) is 1.81. The number of carbonyl (C=O) groups is 1. The molecule has 1 heterocycles. The lowest BCUT2D eigenvalue weighted by molar-refractivity contribution is -0.122. The lowest BCUT2D eigenvalue weighted by Gasteiger charge is -2.19. The van der Waals surface area contributed by atoms with Crippen molar-refractivity contribution in [2.75, 3.05) is 18.4 Å². The van der Waals surface area contributed by atoms with E-state index >= 15 is 0 Å². The predicted octanol–water partition coefficient (Wildman–Crippen LogP) is 1.80. The summed E-state index contributed by atoms with van der Waals surface area (Å²) in [4.78, 5) is 12.2. The average Bonchev–Trinajstić information content (AvgIpc) is 3.01. The average molecular weight is 339 g/mol. The highest BCUT2D eigenvalue weighted by molar-refractivity contribution is 7.89. The second-order valence-electron chi connectivity index (χ2n) is 6.17. The first-order valence-corrected chi connectivity index (χ1v) is 9.42. The molecule has 2 rings (SSSR count). The summed E-state index contributed by atoms with van der Waals surface area (Å²) in [5, 5.41) is 5.88. The molecule has 1 aromatic carbocycles. The zero-order chi connectivity index (χ0) is 17.0. The van der Waals surface area contributed by atoms with Crippen molar-refractivity contribution in [3.8, 4) is 0 Å². The lowest BCUT2D eigenvalue weighted by atomic mass is 10.2. The lowest BCUT2D eigenvalue weighted by Crippen LogP contribution is -2.41. The molecule has 23 heavy (non-hydrogen) atoms. The second-order valence-corrected chi connectivity index (χ2v) is 8.11. The van der Waals surface area contributed by atoms with Crippen molar-refractivity contribution in [2.45, 2.75) is 50.6 Å². The molecule has 128 valence electrons. The molecule has 0 bridgehead atoms. The standard InChI is InChI=1S/C16H25N3O3S/c1-12(2)17-16(20)13(3)18-14-7-6-8-15(11-14)23(21,22)19-9-4-5-10-19/h6-8,11-13,18H,4-5,9-10H2,1-3H3,(H,17,20). The van der Waals surface area contributed by atoms with E-state index in [1.807, 2.05) is 13.8 Å². The predicted molar refractivity (Wildman–Crippen MR) is 90.8 cm³/mol. The molecule has 0 spiro atoms. The molecule has 1 unspecified atom stereocenters. The van der Waals surface area contributed by atoms with Gasteiger partial charge in [0, 0.05) is 24.8 Å². The van der Waals surface area contributed by atoms with Gasteiger partial charge in [-0.2, -0.15) is 4.31 Å². The number of hydrogen-bond donors (Lipinski definition) is 2. The van der Waals surface area contributed by atoms with Crippen LogP contribution in [-0.2, 0) is 14.8 Å². The summed E-state index contributed by atoms with van der Waals surface area (Å²) in [5.74, 6) is -0.118. The Morgan fingerprint density at radius 2 is 1.83 bits per heavy atom. The molecule has 0 aromatic heterocycles. The summed E-state index contributed by atoms with van der Waals surface area (Å²) in [6, 6.07) is 6.26. The Hall–Kier alpha value is -1.60. The van der Waals surface area contributed by atoms with Gasteiger partial charge in [-0.05, 0) is 51.8 Å². The van der Waals surface area contributed by atoms with E-state index in [1.54, 1.807) is 31.2 Å². The Morgan fingerprint density at radius 3 is 2.43 bits per heavy atom. The minimum absolute atomic E-state index is 0.0635. The number of benzene rings is 1. The van der Waals surface area contributed by atoms with Gasteiger partial charge >= 0.3 is 0 Å². The van der Waals surface area contributed by atoms with Crippen molar-refractivity contribution in [3.05, 3.63) is 24.3 Å². The van der Waals surface area contributed by atoms with Gasteiger partial charge in [0.05, 0.1) is 4.90 Å². The van der Waals surface area contributed by atoms with E-state index in [1.165, 1.54) is 4.31 Å². The summed E-state index contributed by atoms with van der Waals surface area (Å²) < 4.78 is 26.7. The minimum Gasteiger partial charge on any atom is -0.374 e. The quantitative estimate of drug-likeness (QED) is 0.828. The fourth-order valence-electron chi connectivity index (χ4n) is 2.55. The summed E-state index contributed by atoms with van der Waals surface area (Å²) in [6.45, 7) is 6.70. The number of carbonyl (C=O) groups excluding carboxylic acids is 1. The van der Waals surface area contributed by atoms with Gasteiger partial charge in [0.15, 0.2) is 0 Å². The van der Waals surface area contributed by atoms with Gasteiger partial charge < -0.3 is 10.6 Å². The maximum Gasteiger partial charge on any atom is 0.243 e. The molecule has 1 aromatic rings. The normalized spacial score (nSPS) is 17.2. The Kier molecular flexibility index (Phi) is 5.64. The van der Waals surface area contributed by atoms with Crippen LogP contribution in [0.5, 0.6) is 0 Å². The molecule has 1 fully saturated rings. The monoisotopic (exact) mass is 339 g/mol. The van der Waals surface area contributed by atoms with Gasteiger partial charge in [0.25, 0.3) is 0 Å². The Bertz CT molecular complexity index is 652. The van der Waals surface area contributed by atoms with E-state index < -0.39 is 16.1 Å². The van der Waals surface area contributed by atoms with Crippen LogP contribution in [0.3, 0.4) is 0 Å². The van der Waals surface area contributed by atoms with Gasteiger partial charge in [-0.1, -0.05) is 6.07 Å². The van der Waals surface area contributed by atoms with Gasteiger partial charge in [-0.3, -0.25) is 4.79 Å². The highest BCUT2D eigenvalue weighted by Crippen LogP contribution is 2.23. The van der Waals surface area contributed by atoms with Crippen LogP contribution in [0.25, 0.3) is 0 Å². The van der Waals surface area contributed by atoms with E-state index in [9.17, 15) is 13.2 Å². The second kappa shape index (κ2) is 7.31. The van der Waals surface area contributed by atoms with Crippen LogP contribution >= 0.6 is 0 Å². The molecule has 1 aliphatic rings. The summed E-state index contributed by atoms with van der Waals surface area (Å²) in [5.41, 5.74) is 0.622. The molecule has 0 saturated carbocycles. The zero-order valence-corrected chi connectivity index (χ0v) is 14.7. The third-order valence-electron chi connectivity index (χ3n) is 3.74. The fraction of sp³-hybridized carbons (Fsp3) is 0.562. The molecule has 0 radical (unpaired) electrons. The number of sulfonamides is 1. The molecular weight excluding hydrogens is 314 g/mol. The van der Waals surface area contributed by atoms with Crippen molar-refractivity contribution in [1.82, 2.24) is 9.62 Å². The van der Waals surface area contributed by atoms with E-state index in [2.05, 4.69) is 10.6 Å². The van der Waals surface area contributed by atoms with Crippen molar-refractivity contribution >= 4 is 21.6 Å². The number of nitrogens with one attached hydrogen (secondary N) is 2. The van der Waals surface area contributed by atoms with Crippen LogP contribution in [0.15, 0.2) is 29.2 Å². The highest BCUT2D eigenvalue weighted by Gasteiger charge is 2.27. The number of anilines is 1. The molecule has 0 aliphatic carbocycles. The molecule has 1 atom stereocenters. The molecule has 1 aliphatic heterocycles. The number of hydrogen-bond acceptors (Lipinski definition) is 4. The van der Waals surface area contributed by atoms with Gasteiger partial charge in [0.2, 0.25) is 15.9 Å². The van der Waals surface area contributed by atoms with Crippen LogP contribution in [0.1, 0.15) is 33.6 Å². The van der Waals surface area contributed by atoms with Gasteiger partial charge in [-0.25, -0.2) is 8.42 Å². The van der Waals surface area contributed by atoms with E-state index in [-0.39, 0.29) is 16.8 Å². The maximum absolute atomic E-state index is 12.6. The third-order valence-corrected chi connectivity index (χ3v) is 5.64. The first kappa shape index (κ1) is 17.7. The van der Waals surface area contributed by atoms with Crippen LogP contribution in [-0.4, -0.2) is 43.8 Å². The minimum atomic E-state index is -3.44. The Morgan fingerprint density at radius 1 is 1.17 bits per heavy atom. The topological polar surface area (TPSA) is 78.5 Å². The third kappa shape index (κ3) is 4.45. The highest BCUT2D eigenvalue weighted by atomic mass is 32.2. The Labute approximate surface area is 138 Å². The van der Waals surface area contributed by atoms with Gasteiger partial charge in [-0.15, -0.1) is 0 Å². The van der Waals surface area contributed by atoms with Crippen molar-refractivity contribution in [2.24, 2.45) is 0 Å².